The van der Waals surface area contributed by atoms with Crippen LogP contribution in [0.2, 0.25) is 10.0 Å². The Hall–Kier alpha value is -2.08. The maximum absolute atomic E-state index is 13.4. The van der Waals surface area contributed by atoms with Crippen molar-refractivity contribution in [3.8, 4) is 5.75 Å². The second-order valence-corrected chi connectivity index (χ2v) is 11.6. The first-order valence-corrected chi connectivity index (χ1v) is 13.3. The van der Waals surface area contributed by atoms with Gasteiger partial charge in [-0.25, -0.2) is 0 Å². The molecular formula is C28H30Cl2N2O3. The predicted octanol–water partition coefficient (Wildman–Crippen LogP) is 4.69. The largest absolute Gasteiger partial charge is 0.487 e. The molecule has 6 rings (SSSR count). The number of ether oxygens (including phenoxy) is 1. The fraction of sp³-hybridized carbons (Fsp3) is 0.500. The summed E-state index contributed by atoms with van der Waals surface area (Å²) in [7, 11) is 1.92. The average molecular weight is 513 g/mol. The molecule has 2 bridgehead atoms. The number of nitrogens with zero attached hydrogens (tertiary/aromatic N) is 2. The van der Waals surface area contributed by atoms with Crippen LogP contribution < -0.4 is 4.74 Å². The van der Waals surface area contributed by atoms with Gasteiger partial charge in [0.25, 0.3) is 0 Å². The zero-order valence-electron chi connectivity index (χ0n) is 20.1. The maximum Gasteiger partial charge on any atom is 0.227 e. The number of carbonyl (C=O) groups is 2. The van der Waals surface area contributed by atoms with Crippen LogP contribution in [0.3, 0.4) is 0 Å². The standard InChI is InChI=1S/C28H30Cl2N2O3/c1-16(33)15-32-11-10-28-19-7-9-22(31(2)25(34)13-17-6-8-20(29)21(30)12-17)27(28)35-24-5-3-4-18(26(24)28)14-23(19)32/h3-6,8,12,19,22-23,27H,7,9-11,13-15H2,1-2H3/t19-,22+,23+,27-,28-/m0/s1. The van der Waals surface area contributed by atoms with E-state index in [1.165, 1.54) is 11.1 Å². The Balaban J connectivity index is 1.32. The summed E-state index contributed by atoms with van der Waals surface area (Å²) < 4.78 is 6.75. The van der Waals surface area contributed by atoms with Crippen LogP contribution in [0.1, 0.15) is 42.9 Å². The van der Waals surface area contributed by atoms with Crippen molar-refractivity contribution in [2.24, 2.45) is 5.92 Å². The number of piperidine rings is 1. The highest BCUT2D eigenvalue weighted by Gasteiger charge is 2.65. The lowest BCUT2D eigenvalue weighted by Crippen LogP contribution is -2.69. The number of likely N-dealkylation sites (N-methyl/N-ethyl adjacent to an activating group) is 1. The van der Waals surface area contributed by atoms with Crippen molar-refractivity contribution in [3.05, 3.63) is 63.1 Å². The van der Waals surface area contributed by atoms with Crippen molar-refractivity contribution in [1.29, 1.82) is 0 Å². The topological polar surface area (TPSA) is 49.9 Å². The molecular weight excluding hydrogens is 483 g/mol. The van der Waals surface area contributed by atoms with Crippen molar-refractivity contribution >= 4 is 34.9 Å². The summed E-state index contributed by atoms with van der Waals surface area (Å²) in [4.78, 5) is 29.8. The molecule has 5 nitrogen and oxygen atoms in total. The van der Waals surface area contributed by atoms with Gasteiger partial charge in [-0.2, -0.15) is 0 Å². The van der Waals surface area contributed by atoms with E-state index in [0.717, 1.165) is 43.5 Å². The second kappa shape index (κ2) is 8.50. The summed E-state index contributed by atoms with van der Waals surface area (Å²) in [5.74, 6) is 1.71. The van der Waals surface area contributed by atoms with Crippen LogP contribution in [-0.4, -0.2) is 59.8 Å². The van der Waals surface area contributed by atoms with Gasteiger partial charge in [0, 0.05) is 24.1 Å². The number of benzene rings is 2. The van der Waals surface area contributed by atoms with Crippen LogP contribution in [0.4, 0.5) is 0 Å². The molecule has 184 valence electrons. The number of Topliss-reactive ketones (excluding diaryl/α,β-unsaturated/α-hetero) is 1. The highest BCUT2D eigenvalue weighted by atomic mass is 35.5. The van der Waals surface area contributed by atoms with E-state index in [9.17, 15) is 9.59 Å². The van der Waals surface area contributed by atoms with Gasteiger partial charge in [0.2, 0.25) is 5.91 Å². The average Bonchev–Trinajstić information content (AvgIpc) is 3.16. The van der Waals surface area contributed by atoms with E-state index in [1.54, 1.807) is 19.1 Å². The lowest BCUT2D eigenvalue weighted by Gasteiger charge is -2.60. The van der Waals surface area contributed by atoms with Crippen LogP contribution in [-0.2, 0) is 27.8 Å². The SMILES string of the molecule is CC(=O)CN1CC[C@]23c4c5cccc4O[C@H]2[C@H](N(C)C(=O)Cc2ccc(Cl)c(Cl)c2)CC[C@H]3[C@H]1C5. The molecule has 0 unspecified atom stereocenters. The summed E-state index contributed by atoms with van der Waals surface area (Å²) >= 11 is 12.2. The molecule has 2 aromatic carbocycles. The fourth-order valence-corrected chi connectivity index (χ4v) is 7.90. The molecule has 1 amide bonds. The number of amides is 1. The molecule has 1 saturated heterocycles. The molecule has 1 saturated carbocycles. The van der Waals surface area contributed by atoms with E-state index >= 15 is 0 Å². The van der Waals surface area contributed by atoms with Gasteiger partial charge < -0.3 is 9.64 Å². The molecule has 2 aromatic rings. The lowest BCUT2D eigenvalue weighted by atomic mass is 9.51. The maximum atomic E-state index is 13.4. The molecule has 0 N–H and O–H groups in total. The Kier molecular flexibility index (Phi) is 5.66. The minimum atomic E-state index is -0.0941. The number of ketones is 1. The predicted molar refractivity (Wildman–Crippen MR) is 136 cm³/mol. The Labute approximate surface area is 216 Å². The van der Waals surface area contributed by atoms with Crippen molar-refractivity contribution in [2.45, 2.75) is 62.6 Å². The Morgan fingerprint density at radius 1 is 1.17 bits per heavy atom. The molecule has 2 fully saturated rings. The Bertz CT molecular complexity index is 1220. The zero-order chi connectivity index (χ0) is 24.5. The van der Waals surface area contributed by atoms with Crippen LogP contribution in [0, 0.1) is 5.92 Å². The summed E-state index contributed by atoms with van der Waals surface area (Å²) in [5.41, 5.74) is 3.49. The molecule has 4 aliphatic rings. The van der Waals surface area contributed by atoms with E-state index in [1.807, 2.05) is 18.0 Å². The lowest BCUT2D eigenvalue weighted by molar-refractivity contribution is -0.140. The molecule has 2 aliphatic heterocycles. The van der Waals surface area contributed by atoms with Gasteiger partial charge >= 0.3 is 0 Å². The van der Waals surface area contributed by atoms with Gasteiger partial charge in [-0.3, -0.25) is 14.5 Å². The molecule has 0 aromatic heterocycles. The minimum absolute atomic E-state index is 0.000112. The monoisotopic (exact) mass is 512 g/mol. The smallest absolute Gasteiger partial charge is 0.227 e. The van der Waals surface area contributed by atoms with Gasteiger partial charge in [-0.05, 0) is 74.4 Å². The first-order chi connectivity index (χ1) is 16.8. The van der Waals surface area contributed by atoms with E-state index in [2.05, 4.69) is 23.1 Å². The zero-order valence-corrected chi connectivity index (χ0v) is 21.6. The molecule has 2 heterocycles. The van der Waals surface area contributed by atoms with Crippen molar-refractivity contribution in [3.63, 3.8) is 0 Å². The highest BCUT2D eigenvalue weighted by molar-refractivity contribution is 6.42. The number of halogens is 2. The van der Waals surface area contributed by atoms with Crippen LogP contribution in [0.25, 0.3) is 0 Å². The van der Waals surface area contributed by atoms with E-state index in [-0.39, 0.29) is 35.7 Å². The normalized spacial score (nSPS) is 30.4. The van der Waals surface area contributed by atoms with Gasteiger partial charge in [-0.15, -0.1) is 0 Å². The number of likely N-dealkylation sites (tertiary alicyclic amines) is 1. The highest BCUT2D eigenvalue weighted by Crippen LogP contribution is 2.62. The third-order valence-corrected chi connectivity index (χ3v) is 9.69. The Morgan fingerprint density at radius 2 is 2.00 bits per heavy atom. The first kappa shape index (κ1) is 23.3. The van der Waals surface area contributed by atoms with Gasteiger partial charge in [0.1, 0.15) is 17.6 Å². The molecule has 0 radical (unpaired) electrons. The molecule has 35 heavy (non-hydrogen) atoms. The first-order valence-electron chi connectivity index (χ1n) is 12.5. The molecule has 1 spiro atoms. The van der Waals surface area contributed by atoms with E-state index < -0.39 is 0 Å². The van der Waals surface area contributed by atoms with Crippen LogP contribution in [0.15, 0.2) is 36.4 Å². The third kappa shape index (κ3) is 3.53. The van der Waals surface area contributed by atoms with Crippen molar-refractivity contribution in [2.75, 3.05) is 20.1 Å². The summed E-state index contributed by atoms with van der Waals surface area (Å²) in [5, 5.41) is 0.955. The quantitative estimate of drug-likeness (QED) is 0.582. The van der Waals surface area contributed by atoms with Gasteiger partial charge in [-0.1, -0.05) is 41.4 Å². The molecule has 5 atom stereocenters. The second-order valence-electron chi connectivity index (χ2n) is 10.7. The molecule has 7 heteroatoms. The van der Waals surface area contributed by atoms with Crippen LogP contribution in [0.5, 0.6) is 5.75 Å². The van der Waals surface area contributed by atoms with Crippen molar-refractivity contribution < 1.29 is 14.3 Å². The van der Waals surface area contributed by atoms with E-state index in [4.69, 9.17) is 27.9 Å². The number of hydrogen-bond acceptors (Lipinski definition) is 4. The molecule has 2 aliphatic carbocycles. The summed E-state index contributed by atoms with van der Waals surface area (Å²) in [6, 6.07) is 12.1. The summed E-state index contributed by atoms with van der Waals surface area (Å²) in [6.45, 7) is 3.09. The fourth-order valence-electron chi connectivity index (χ4n) is 7.58. The summed E-state index contributed by atoms with van der Waals surface area (Å²) in [6.07, 6.45) is 4.07. The van der Waals surface area contributed by atoms with E-state index in [0.29, 0.717) is 28.5 Å². The van der Waals surface area contributed by atoms with Gasteiger partial charge in [0.15, 0.2) is 0 Å². The third-order valence-electron chi connectivity index (χ3n) is 8.96. The number of rotatable bonds is 5. The number of carbonyl (C=O) groups excluding carboxylic acids is 2. The van der Waals surface area contributed by atoms with Crippen molar-refractivity contribution in [1.82, 2.24) is 9.80 Å². The Morgan fingerprint density at radius 3 is 2.77 bits per heavy atom. The van der Waals surface area contributed by atoms with Gasteiger partial charge in [0.05, 0.1) is 29.1 Å². The number of hydrogen-bond donors (Lipinski definition) is 0. The minimum Gasteiger partial charge on any atom is -0.487 e. The van der Waals surface area contributed by atoms with Crippen LogP contribution >= 0.6 is 23.2 Å².